The molecule has 6 heteroatoms. The SMILES string of the molecule is N#Cc1cc(F)c(F)cc1C1=CC2CCCC(C1)N2C(=O)OCC1c2ccccc2-c2ccccc21. The summed E-state index contributed by atoms with van der Waals surface area (Å²) >= 11 is 0. The Kier molecular flexibility index (Phi) is 5.56. The minimum absolute atomic E-state index is 0.0162. The van der Waals surface area contributed by atoms with Crippen molar-refractivity contribution in [2.75, 3.05) is 6.61 Å². The number of halogens is 2. The second-order valence-electron chi connectivity index (χ2n) is 9.68. The molecule has 2 bridgehead atoms. The van der Waals surface area contributed by atoms with Gasteiger partial charge < -0.3 is 4.74 Å². The molecule has 36 heavy (non-hydrogen) atoms. The van der Waals surface area contributed by atoms with Crippen LogP contribution < -0.4 is 0 Å². The number of hydrogen-bond acceptors (Lipinski definition) is 3. The largest absolute Gasteiger partial charge is 0.448 e. The summed E-state index contributed by atoms with van der Waals surface area (Å²) in [5.74, 6) is -2.03. The Hall–Kier alpha value is -3.98. The first-order valence-electron chi connectivity index (χ1n) is 12.3. The maximum Gasteiger partial charge on any atom is 0.410 e. The number of hydrogen-bond donors (Lipinski definition) is 0. The Labute approximate surface area is 208 Å². The topological polar surface area (TPSA) is 53.3 Å². The molecule has 2 atom stereocenters. The van der Waals surface area contributed by atoms with Gasteiger partial charge in [0.05, 0.1) is 17.7 Å². The summed E-state index contributed by atoms with van der Waals surface area (Å²) in [6.45, 7) is 0.251. The van der Waals surface area contributed by atoms with Gasteiger partial charge in [0.2, 0.25) is 0 Å². The van der Waals surface area contributed by atoms with E-state index in [1.165, 1.54) is 11.1 Å². The van der Waals surface area contributed by atoms with Gasteiger partial charge in [0.15, 0.2) is 11.6 Å². The quantitative estimate of drug-likeness (QED) is 0.413. The summed E-state index contributed by atoms with van der Waals surface area (Å²) in [5, 5.41) is 9.47. The van der Waals surface area contributed by atoms with Crippen LogP contribution in [0.15, 0.2) is 66.7 Å². The van der Waals surface area contributed by atoms with E-state index in [-0.39, 0.29) is 36.3 Å². The number of benzene rings is 3. The lowest BCUT2D eigenvalue weighted by Crippen LogP contribution is -2.52. The van der Waals surface area contributed by atoms with E-state index in [0.29, 0.717) is 12.0 Å². The van der Waals surface area contributed by atoms with Gasteiger partial charge in [-0.05, 0) is 71.2 Å². The molecule has 180 valence electrons. The fraction of sp³-hybridized carbons (Fsp3) is 0.267. The van der Waals surface area contributed by atoms with Crippen LogP contribution in [0.5, 0.6) is 0 Å². The zero-order valence-corrected chi connectivity index (χ0v) is 19.6. The fourth-order valence-corrected chi connectivity index (χ4v) is 6.09. The third-order valence-corrected chi connectivity index (χ3v) is 7.71. The number of fused-ring (bicyclic) bond motifs is 5. The minimum atomic E-state index is -1.04. The minimum Gasteiger partial charge on any atom is -0.448 e. The van der Waals surface area contributed by atoms with Crippen molar-refractivity contribution in [1.29, 1.82) is 5.26 Å². The van der Waals surface area contributed by atoms with Gasteiger partial charge in [0, 0.05) is 12.0 Å². The molecule has 0 N–H and O–H groups in total. The van der Waals surface area contributed by atoms with Crippen LogP contribution in [0.3, 0.4) is 0 Å². The second kappa shape index (κ2) is 8.91. The third kappa shape index (κ3) is 3.67. The summed E-state index contributed by atoms with van der Waals surface area (Å²) in [7, 11) is 0. The summed E-state index contributed by atoms with van der Waals surface area (Å²) in [5.41, 5.74) is 5.97. The first-order chi connectivity index (χ1) is 17.5. The number of amides is 1. The zero-order valence-electron chi connectivity index (χ0n) is 19.6. The van der Waals surface area contributed by atoms with E-state index in [4.69, 9.17) is 4.74 Å². The van der Waals surface area contributed by atoms with E-state index in [0.717, 1.165) is 48.1 Å². The van der Waals surface area contributed by atoms with Crippen LogP contribution >= 0.6 is 0 Å². The number of carbonyl (C=O) groups excluding carboxylic acids is 1. The molecule has 0 saturated carbocycles. The summed E-state index contributed by atoms with van der Waals surface area (Å²) in [6.07, 6.45) is 4.56. The Morgan fingerprint density at radius 2 is 1.64 bits per heavy atom. The van der Waals surface area contributed by atoms with Crippen LogP contribution in [0.1, 0.15) is 53.9 Å². The van der Waals surface area contributed by atoms with Gasteiger partial charge in [-0.3, -0.25) is 4.90 Å². The normalized spacial score (nSPS) is 20.2. The van der Waals surface area contributed by atoms with Crippen LogP contribution in [-0.4, -0.2) is 29.7 Å². The molecule has 1 saturated heterocycles. The highest BCUT2D eigenvalue weighted by Gasteiger charge is 2.39. The molecule has 2 unspecified atom stereocenters. The van der Waals surface area contributed by atoms with Crippen molar-refractivity contribution >= 4 is 11.7 Å². The van der Waals surface area contributed by atoms with Crippen LogP contribution in [-0.2, 0) is 4.74 Å². The number of ether oxygens (including phenoxy) is 1. The lowest BCUT2D eigenvalue weighted by molar-refractivity contribution is 0.0539. The highest BCUT2D eigenvalue weighted by molar-refractivity contribution is 5.80. The van der Waals surface area contributed by atoms with Gasteiger partial charge in [0.1, 0.15) is 6.61 Å². The Bertz CT molecular complexity index is 1400. The highest BCUT2D eigenvalue weighted by atomic mass is 19.2. The first kappa shape index (κ1) is 22.5. The van der Waals surface area contributed by atoms with E-state index in [1.54, 1.807) is 4.90 Å². The average molecular weight is 483 g/mol. The van der Waals surface area contributed by atoms with Crippen LogP contribution in [0.4, 0.5) is 13.6 Å². The monoisotopic (exact) mass is 482 g/mol. The van der Waals surface area contributed by atoms with E-state index in [9.17, 15) is 18.8 Å². The molecule has 3 aromatic carbocycles. The zero-order chi connectivity index (χ0) is 24.8. The predicted molar refractivity (Wildman–Crippen MR) is 132 cm³/mol. The molecule has 2 heterocycles. The lowest BCUT2D eigenvalue weighted by atomic mass is 9.82. The summed E-state index contributed by atoms with van der Waals surface area (Å²) < 4.78 is 33.6. The molecule has 0 radical (unpaired) electrons. The predicted octanol–water partition coefficient (Wildman–Crippen LogP) is 6.80. The Balaban J connectivity index is 1.24. The molecule has 2 aliphatic heterocycles. The van der Waals surface area contributed by atoms with Crippen molar-refractivity contribution < 1.29 is 18.3 Å². The molecule has 1 aliphatic carbocycles. The van der Waals surface area contributed by atoms with Crippen molar-refractivity contribution in [2.45, 2.75) is 43.7 Å². The maximum atomic E-state index is 14.0. The summed E-state index contributed by atoms with van der Waals surface area (Å²) in [6, 6.07) is 20.1. The Morgan fingerprint density at radius 1 is 0.972 bits per heavy atom. The van der Waals surface area contributed by atoms with Gasteiger partial charge in [-0.1, -0.05) is 54.6 Å². The lowest BCUT2D eigenvalue weighted by Gasteiger charge is -2.44. The van der Waals surface area contributed by atoms with Gasteiger partial charge in [-0.15, -0.1) is 0 Å². The third-order valence-electron chi connectivity index (χ3n) is 7.71. The van der Waals surface area contributed by atoms with E-state index >= 15 is 0 Å². The molecule has 1 fully saturated rings. The number of nitriles is 1. The van der Waals surface area contributed by atoms with Crippen LogP contribution in [0.2, 0.25) is 0 Å². The van der Waals surface area contributed by atoms with Crippen molar-refractivity contribution in [1.82, 2.24) is 4.90 Å². The molecule has 1 amide bonds. The van der Waals surface area contributed by atoms with Crippen molar-refractivity contribution in [2.24, 2.45) is 0 Å². The standard InChI is InChI=1S/C30H24F2N2O2/c31-28-14-19(16-33)26(15-29(28)32)18-12-20-6-5-7-21(13-18)34(20)30(35)36-17-27-24-10-3-1-8-22(24)23-9-2-4-11-25(23)27/h1-4,8-12,14-15,20-21,27H,5-7,13,17H2. The number of rotatable bonds is 3. The van der Waals surface area contributed by atoms with Gasteiger partial charge >= 0.3 is 6.09 Å². The molecule has 3 aliphatic rings. The number of piperidine rings is 1. The first-order valence-corrected chi connectivity index (χ1v) is 12.3. The van der Waals surface area contributed by atoms with Gasteiger partial charge in [-0.2, -0.15) is 5.26 Å². The van der Waals surface area contributed by atoms with Crippen LogP contribution in [0.25, 0.3) is 16.7 Å². The second-order valence-corrected chi connectivity index (χ2v) is 9.68. The molecule has 0 spiro atoms. The molecular formula is C30H24F2N2O2. The molecule has 0 aromatic heterocycles. The molecule has 3 aromatic rings. The molecule has 4 nitrogen and oxygen atoms in total. The van der Waals surface area contributed by atoms with Crippen LogP contribution in [0, 0.1) is 23.0 Å². The van der Waals surface area contributed by atoms with Gasteiger partial charge in [0.25, 0.3) is 0 Å². The van der Waals surface area contributed by atoms with E-state index in [1.807, 2.05) is 36.4 Å². The number of carbonyl (C=O) groups is 1. The van der Waals surface area contributed by atoms with Gasteiger partial charge in [-0.25, -0.2) is 13.6 Å². The Morgan fingerprint density at radius 3 is 2.31 bits per heavy atom. The molecule has 6 rings (SSSR count). The average Bonchev–Trinajstić information content (AvgIpc) is 3.21. The smallest absolute Gasteiger partial charge is 0.410 e. The van der Waals surface area contributed by atoms with E-state index in [2.05, 4.69) is 24.3 Å². The molecular weight excluding hydrogens is 458 g/mol. The van der Waals surface area contributed by atoms with Crippen molar-refractivity contribution in [3.05, 3.63) is 101 Å². The van der Waals surface area contributed by atoms with E-state index < -0.39 is 11.6 Å². The number of nitrogens with zero attached hydrogens (tertiary/aromatic N) is 2. The van der Waals surface area contributed by atoms with Crippen molar-refractivity contribution in [3.8, 4) is 17.2 Å². The fourth-order valence-electron chi connectivity index (χ4n) is 6.09. The summed E-state index contributed by atoms with van der Waals surface area (Å²) in [4.78, 5) is 15.2. The highest BCUT2D eigenvalue weighted by Crippen LogP contribution is 2.45. The maximum absolute atomic E-state index is 14.0. The van der Waals surface area contributed by atoms with Crippen molar-refractivity contribution in [3.63, 3.8) is 0 Å².